The van der Waals surface area contributed by atoms with E-state index in [1.807, 2.05) is 12.1 Å². The lowest BCUT2D eigenvalue weighted by molar-refractivity contribution is 0.387. The number of hydrogen-bond acceptors (Lipinski definition) is 2. The summed E-state index contributed by atoms with van der Waals surface area (Å²) in [7, 11) is 1.43. The number of halogens is 2. The fourth-order valence-electron chi connectivity index (χ4n) is 1.94. The predicted octanol–water partition coefficient (Wildman–Crippen LogP) is 4.03. The van der Waals surface area contributed by atoms with Crippen molar-refractivity contribution in [2.75, 3.05) is 7.11 Å². The Morgan fingerprint density at radius 1 is 1.26 bits per heavy atom. The lowest BCUT2D eigenvalue weighted by Gasteiger charge is -2.03. The molecule has 0 bridgehead atoms. The Kier molecular flexibility index (Phi) is 2.87. The van der Waals surface area contributed by atoms with Crippen LogP contribution < -0.4 is 4.74 Å². The van der Waals surface area contributed by atoms with Gasteiger partial charge in [-0.2, -0.15) is 0 Å². The van der Waals surface area contributed by atoms with E-state index in [1.54, 1.807) is 18.2 Å². The van der Waals surface area contributed by atoms with E-state index in [2.05, 4.69) is 9.97 Å². The predicted molar refractivity (Wildman–Crippen MR) is 73.0 cm³/mol. The van der Waals surface area contributed by atoms with Crippen molar-refractivity contribution in [3.63, 3.8) is 0 Å². The number of ether oxygens (including phenoxy) is 1. The van der Waals surface area contributed by atoms with Gasteiger partial charge < -0.3 is 9.72 Å². The van der Waals surface area contributed by atoms with E-state index in [0.29, 0.717) is 16.4 Å². The Bertz CT molecular complexity index is 754. The molecule has 0 aliphatic heterocycles. The first kappa shape index (κ1) is 12.0. The van der Waals surface area contributed by atoms with Gasteiger partial charge >= 0.3 is 0 Å². The molecule has 1 heterocycles. The smallest absolute Gasteiger partial charge is 0.165 e. The SMILES string of the molecule is COc1cc(-c2nc3c(Cl)cccc3[nH]2)ccc1F. The number of nitrogens with one attached hydrogen (secondary N) is 1. The topological polar surface area (TPSA) is 37.9 Å². The Morgan fingerprint density at radius 3 is 2.84 bits per heavy atom. The lowest BCUT2D eigenvalue weighted by atomic mass is 10.2. The van der Waals surface area contributed by atoms with Gasteiger partial charge in [-0.15, -0.1) is 0 Å². The van der Waals surface area contributed by atoms with Gasteiger partial charge in [0.1, 0.15) is 11.3 Å². The van der Waals surface area contributed by atoms with E-state index in [4.69, 9.17) is 16.3 Å². The van der Waals surface area contributed by atoms with Crippen LogP contribution in [0.2, 0.25) is 5.02 Å². The van der Waals surface area contributed by atoms with Gasteiger partial charge in [0, 0.05) is 5.56 Å². The van der Waals surface area contributed by atoms with Crippen molar-refractivity contribution in [2.24, 2.45) is 0 Å². The number of H-pyrrole nitrogens is 1. The molecule has 19 heavy (non-hydrogen) atoms. The molecule has 3 aromatic rings. The van der Waals surface area contributed by atoms with Crippen LogP contribution in [0.1, 0.15) is 0 Å². The van der Waals surface area contributed by atoms with Crippen molar-refractivity contribution < 1.29 is 9.13 Å². The largest absolute Gasteiger partial charge is 0.494 e. The summed E-state index contributed by atoms with van der Waals surface area (Å²) in [4.78, 5) is 7.57. The molecule has 0 aliphatic carbocycles. The van der Waals surface area contributed by atoms with Crippen molar-refractivity contribution in [3.8, 4) is 17.1 Å². The van der Waals surface area contributed by atoms with Gasteiger partial charge in [0.2, 0.25) is 0 Å². The van der Waals surface area contributed by atoms with E-state index < -0.39 is 5.82 Å². The molecule has 0 aliphatic rings. The van der Waals surface area contributed by atoms with Crippen molar-refractivity contribution in [2.45, 2.75) is 0 Å². The number of methoxy groups -OCH3 is 1. The van der Waals surface area contributed by atoms with Crippen LogP contribution in [0.5, 0.6) is 5.75 Å². The highest BCUT2D eigenvalue weighted by atomic mass is 35.5. The maximum absolute atomic E-state index is 13.4. The van der Waals surface area contributed by atoms with E-state index in [9.17, 15) is 4.39 Å². The molecule has 1 N–H and O–H groups in total. The molecular formula is C14H10ClFN2O. The normalized spacial score (nSPS) is 10.9. The number of benzene rings is 2. The van der Waals surface area contributed by atoms with Gasteiger partial charge in [-0.05, 0) is 30.3 Å². The number of rotatable bonds is 2. The molecule has 5 heteroatoms. The van der Waals surface area contributed by atoms with E-state index in [-0.39, 0.29) is 5.75 Å². The minimum Gasteiger partial charge on any atom is -0.494 e. The molecule has 0 unspecified atom stereocenters. The molecule has 96 valence electrons. The van der Waals surface area contributed by atoms with Crippen molar-refractivity contribution in [1.29, 1.82) is 0 Å². The van der Waals surface area contributed by atoms with E-state index in [0.717, 1.165) is 11.1 Å². The standard InChI is InChI=1S/C14H10ClFN2O/c1-19-12-7-8(5-6-10(12)16)14-17-11-4-2-3-9(15)13(11)18-14/h2-7H,1H3,(H,17,18). The summed E-state index contributed by atoms with van der Waals surface area (Å²) in [5, 5.41) is 0.578. The second kappa shape index (κ2) is 4.55. The fraction of sp³-hybridized carbons (Fsp3) is 0.0714. The van der Waals surface area contributed by atoms with Gasteiger partial charge in [0.15, 0.2) is 11.6 Å². The maximum Gasteiger partial charge on any atom is 0.165 e. The fourth-order valence-corrected chi connectivity index (χ4v) is 2.16. The van der Waals surface area contributed by atoms with Crippen LogP contribution in [0.4, 0.5) is 4.39 Å². The Hall–Kier alpha value is -2.07. The first-order valence-corrected chi connectivity index (χ1v) is 6.05. The summed E-state index contributed by atoms with van der Waals surface area (Å²) in [5.41, 5.74) is 2.28. The molecule has 0 radical (unpaired) electrons. The zero-order chi connectivity index (χ0) is 13.4. The highest BCUT2D eigenvalue weighted by molar-refractivity contribution is 6.34. The van der Waals surface area contributed by atoms with Gasteiger partial charge in [-0.25, -0.2) is 9.37 Å². The third-order valence-electron chi connectivity index (χ3n) is 2.89. The number of aromatic nitrogens is 2. The molecule has 0 amide bonds. The summed E-state index contributed by atoms with van der Waals surface area (Å²) in [6.45, 7) is 0. The third-order valence-corrected chi connectivity index (χ3v) is 3.19. The van der Waals surface area contributed by atoms with Crippen LogP contribution in [-0.4, -0.2) is 17.1 Å². The molecule has 1 aromatic heterocycles. The first-order chi connectivity index (χ1) is 9.19. The molecule has 3 nitrogen and oxygen atoms in total. The number of aromatic amines is 1. The Balaban J connectivity index is 2.16. The second-order valence-corrected chi connectivity index (χ2v) is 4.48. The van der Waals surface area contributed by atoms with Crippen molar-refractivity contribution in [1.82, 2.24) is 9.97 Å². The number of imidazole rings is 1. The molecule has 0 atom stereocenters. The van der Waals surface area contributed by atoms with Crippen LogP contribution in [0.15, 0.2) is 36.4 Å². The minimum absolute atomic E-state index is 0.184. The van der Waals surface area contributed by atoms with Crippen LogP contribution >= 0.6 is 11.6 Å². The number of hydrogen-bond donors (Lipinski definition) is 1. The van der Waals surface area contributed by atoms with Crippen LogP contribution in [-0.2, 0) is 0 Å². The second-order valence-electron chi connectivity index (χ2n) is 4.07. The quantitative estimate of drug-likeness (QED) is 0.767. The minimum atomic E-state index is -0.402. The van der Waals surface area contributed by atoms with Crippen LogP contribution in [0.3, 0.4) is 0 Å². The summed E-state index contributed by atoms with van der Waals surface area (Å²) < 4.78 is 18.3. The summed E-state index contributed by atoms with van der Waals surface area (Å²) >= 11 is 6.07. The summed E-state index contributed by atoms with van der Waals surface area (Å²) in [6.07, 6.45) is 0. The zero-order valence-corrected chi connectivity index (χ0v) is 10.8. The number of para-hydroxylation sites is 1. The molecule has 0 saturated heterocycles. The van der Waals surface area contributed by atoms with E-state index >= 15 is 0 Å². The molecule has 0 fully saturated rings. The molecular weight excluding hydrogens is 267 g/mol. The highest BCUT2D eigenvalue weighted by Crippen LogP contribution is 2.28. The van der Waals surface area contributed by atoms with E-state index in [1.165, 1.54) is 13.2 Å². The highest BCUT2D eigenvalue weighted by Gasteiger charge is 2.10. The van der Waals surface area contributed by atoms with Crippen molar-refractivity contribution in [3.05, 3.63) is 47.2 Å². The molecule has 3 rings (SSSR count). The van der Waals surface area contributed by atoms with Gasteiger partial charge in [-0.3, -0.25) is 0 Å². The molecule has 0 spiro atoms. The Labute approximate surface area is 114 Å². The Morgan fingerprint density at radius 2 is 2.11 bits per heavy atom. The zero-order valence-electron chi connectivity index (χ0n) is 10.1. The first-order valence-electron chi connectivity index (χ1n) is 5.67. The van der Waals surface area contributed by atoms with Gasteiger partial charge in [0.25, 0.3) is 0 Å². The monoisotopic (exact) mass is 276 g/mol. The molecule has 2 aromatic carbocycles. The third kappa shape index (κ3) is 2.04. The number of nitrogens with zero attached hydrogens (tertiary/aromatic N) is 1. The van der Waals surface area contributed by atoms with Gasteiger partial charge in [-0.1, -0.05) is 17.7 Å². The van der Waals surface area contributed by atoms with Crippen LogP contribution in [0.25, 0.3) is 22.4 Å². The maximum atomic E-state index is 13.4. The number of fused-ring (bicyclic) bond motifs is 1. The lowest BCUT2D eigenvalue weighted by Crippen LogP contribution is -1.89. The van der Waals surface area contributed by atoms with Crippen molar-refractivity contribution >= 4 is 22.6 Å². The summed E-state index contributed by atoms with van der Waals surface area (Å²) in [6, 6.07) is 10.1. The average molecular weight is 277 g/mol. The average Bonchev–Trinajstić information content (AvgIpc) is 2.85. The van der Waals surface area contributed by atoms with Crippen LogP contribution in [0, 0.1) is 5.82 Å². The molecule has 0 saturated carbocycles. The van der Waals surface area contributed by atoms with Gasteiger partial charge in [0.05, 0.1) is 17.6 Å². The summed E-state index contributed by atoms with van der Waals surface area (Å²) in [5.74, 6) is 0.408.